The molecule has 0 amide bonds. The van der Waals surface area contributed by atoms with Crippen LogP contribution in [0.5, 0.6) is 0 Å². The van der Waals surface area contributed by atoms with Crippen molar-refractivity contribution in [3.05, 3.63) is 0 Å². The van der Waals surface area contributed by atoms with Gasteiger partial charge in [-0.15, -0.1) is 0 Å². The Hall–Kier alpha value is -0.690. The minimum absolute atomic E-state index is 0.385. The summed E-state index contributed by atoms with van der Waals surface area (Å²) in [4.78, 5) is 10.4. The first-order chi connectivity index (χ1) is 5.46. The van der Waals surface area contributed by atoms with Gasteiger partial charge >= 0.3 is 5.97 Å². The highest BCUT2D eigenvalue weighted by atomic mass is 16.7. The van der Waals surface area contributed by atoms with Crippen LogP contribution in [0.2, 0.25) is 0 Å². The largest absolute Gasteiger partial charge is 0.477 e. The molecule has 0 spiro atoms. The second kappa shape index (κ2) is 2.98. The summed E-state index contributed by atoms with van der Waals surface area (Å²) < 4.78 is 4.46. The molecule has 1 aliphatic rings. The van der Waals surface area contributed by atoms with Crippen LogP contribution < -0.4 is 0 Å². The highest BCUT2D eigenvalue weighted by molar-refractivity contribution is 5.75. The zero-order valence-corrected chi connectivity index (χ0v) is 6.17. The molecule has 0 aliphatic carbocycles. The highest BCUT2D eigenvalue weighted by Gasteiger charge is 2.45. The summed E-state index contributed by atoms with van der Waals surface area (Å²) in [6, 6.07) is 0. The van der Waals surface area contributed by atoms with E-state index in [2.05, 4.69) is 4.74 Å². The summed E-state index contributed by atoms with van der Waals surface area (Å²) in [5.74, 6) is -3.92. The fourth-order valence-electron chi connectivity index (χ4n) is 0.962. The maximum atomic E-state index is 10.4. The van der Waals surface area contributed by atoms with Gasteiger partial charge in [-0.1, -0.05) is 0 Å². The number of aliphatic carboxylic acids is 1. The normalized spacial score (nSPS) is 42.6. The number of hydrogen-bond donors (Lipinski definition) is 4. The van der Waals surface area contributed by atoms with Gasteiger partial charge < -0.3 is 25.2 Å². The molecule has 1 unspecified atom stereocenters. The summed E-state index contributed by atoms with van der Waals surface area (Å²) in [7, 11) is 0. The molecule has 1 aliphatic heterocycles. The van der Waals surface area contributed by atoms with Gasteiger partial charge in [0, 0.05) is 6.42 Å². The van der Waals surface area contributed by atoms with Gasteiger partial charge in [0.2, 0.25) is 0 Å². The van der Waals surface area contributed by atoms with E-state index in [0.717, 1.165) is 0 Å². The minimum Gasteiger partial charge on any atom is -0.477 e. The molecule has 1 fully saturated rings. The van der Waals surface area contributed by atoms with Crippen molar-refractivity contribution in [2.24, 2.45) is 0 Å². The van der Waals surface area contributed by atoms with Crippen molar-refractivity contribution in [2.75, 3.05) is 6.61 Å². The fraction of sp³-hybridized carbons (Fsp3) is 0.833. The maximum Gasteiger partial charge on any atom is 0.364 e. The van der Waals surface area contributed by atoms with Crippen molar-refractivity contribution in [2.45, 2.75) is 24.4 Å². The van der Waals surface area contributed by atoms with Crippen molar-refractivity contribution in [1.29, 1.82) is 0 Å². The lowest BCUT2D eigenvalue weighted by Gasteiger charge is -2.33. The Bertz CT molecular complexity index is 192. The number of aliphatic hydroxyl groups is 3. The van der Waals surface area contributed by atoms with E-state index in [1.807, 2.05) is 0 Å². The number of carbonyl (C=O) groups is 1. The molecule has 1 rings (SSSR count). The van der Waals surface area contributed by atoms with Crippen LogP contribution in [0, 0.1) is 0 Å². The van der Waals surface area contributed by atoms with Crippen LogP contribution in [0.4, 0.5) is 0 Å². The average Bonchev–Trinajstić information content (AvgIpc) is 1.97. The standard InChI is InChI=1S/C6H10O6/c7-3-1-6(11,5(9)10)12-2-4(3)8/h3-4,7-8,11H,1-2H2,(H,9,10)/t3-,4+,6?/m0/s1. The first-order valence-corrected chi connectivity index (χ1v) is 3.41. The molecule has 1 heterocycles. The van der Waals surface area contributed by atoms with Crippen molar-refractivity contribution >= 4 is 5.97 Å². The Morgan fingerprint density at radius 3 is 2.42 bits per heavy atom. The molecule has 0 saturated carbocycles. The minimum atomic E-state index is -2.36. The second-order valence-corrected chi connectivity index (χ2v) is 2.74. The maximum absolute atomic E-state index is 10.4. The number of ether oxygens (including phenoxy) is 1. The third-order valence-electron chi connectivity index (χ3n) is 1.76. The Labute approximate surface area is 68.0 Å². The van der Waals surface area contributed by atoms with E-state index in [0.29, 0.717) is 0 Å². The van der Waals surface area contributed by atoms with Gasteiger partial charge in [-0.3, -0.25) is 0 Å². The molecular formula is C6H10O6. The summed E-state index contributed by atoms with van der Waals surface area (Å²) in [6.07, 6.45) is -2.92. The van der Waals surface area contributed by atoms with Gasteiger partial charge in [0.15, 0.2) is 0 Å². The highest BCUT2D eigenvalue weighted by Crippen LogP contribution is 2.22. The molecule has 0 bridgehead atoms. The van der Waals surface area contributed by atoms with Gasteiger partial charge in [0.05, 0.1) is 12.7 Å². The van der Waals surface area contributed by atoms with Crippen molar-refractivity contribution in [3.63, 3.8) is 0 Å². The molecule has 0 aromatic rings. The third-order valence-corrected chi connectivity index (χ3v) is 1.76. The average molecular weight is 178 g/mol. The third kappa shape index (κ3) is 1.56. The molecule has 0 aromatic heterocycles. The molecule has 0 aromatic carbocycles. The molecule has 0 radical (unpaired) electrons. The van der Waals surface area contributed by atoms with E-state index in [9.17, 15) is 4.79 Å². The van der Waals surface area contributed by atoms with Gasteiger partial charge in [-0.2, -0.15) is 0 Å². The monoisotopic (exact) mass is 178 g/mol. The van der Waals surface area contributed by atoms with Crippen LogP contribution in [-0.2, 0) is 9.53 Å². The molecule has 70 valence electrons. The Morgan fingerprint density at radius 2 is 2.00 bits per heavy atom. The number of aliphatic hydroxyl groups excluding tert-OH is 2. The Kier molecular flexibility index (Phi) is 2.34. The summed E-state index contributed by atoms with van der Waals surface area (Å²) in [5, 5.41) is 35.5. The predicted molar refractivity (Wildman–Crippen MR) is 35.2 cm³/mol. The Balaban J connectivity index is 2.66. The summed E-state index contributed by atoms with van der Waals surface area (Å²) in [6.45, 7) is -0.385. The zero-order valence-electron chi connectivity index (χ0n) is 6.17. The molecule has 6 nitrogen and oxygen atoms in total. The van der Waals surface area contributed by atoms with Crippen LogP contribution in [0.25, 0.3) is 0 Å². The van der Waals surface area contributed by atoms with Crippen LogP contribution >= 0.6 is 0 Å². The second-order valence-electron chi connectivity index (χ2n) is 2.74. The quantitative estimate of drug-likeness (QED) is 0.366. The van der Waals surface area contributed by atoms with Crippen molar-refractivity contribution in [3.8, 4) is 0 Å². The zero-order chi connectivity index (χ0) is 9.35. The van der Waals surface area contributed by atoms with E-state index >= 15 is 0 Å². The number of carboxylic acid groups (broad SMARTS) is 1. The topological polar surface area (TPSA) is 107 Å². The first-order valence-electron chi connectivity index (χ1n) is 3.41. The van der Waals surface area contributed by atoms with E-state index in [1.165, 1.54) is 0 Å². The van der Waals surface area contributed by atoms with Crippen LogP contribution in [-0.4, -0.2) is 51.0 Å². The van der Waals surface area contributed by atoms with Gasteiger partial charge in [0.25, 0.3) is 5.79 Å². The molecule has 3 atom stereocenters. The van der Waals surface area contributed by atoms with E-state index < -0.39 is 30.4 Å². The molecule has 4 N–H and O–H groups in total. The van der Waals surface area contributed by atoms with Crippen molar-refractivity contribution < 1.29 is 30.0 Å². The number of rotatable bonds is 1. The van der Waals surface area contributed by atoms with E-state index in [-0.39, 0.29) is 6.61 Å². The van der Waals surface area contributed by atoms with Crippen LogP contribution in [0.3, 0.4) is 0 Å². The van der Waals surface area contributed by atoms with E-state index in [1.54, 1.807) is 0 Å². The SMILES string of the molecule is O=C(O)C1(O)C[C@H](O)[C@H](O)CO1. The van der Waals surface area contributed by atoms with Gasteiger partial charge in [-0.25, -0.2) is 4.79 Å². The lowest BCUT2D eigenvalue weighted by atomic mass is 10.0. The predicted octanol–water partition coefficient (Wildman–Crippen LogP) is -2.10. The number of hydrogen-bond acceptors (Lipinski definition) is 5. The van der Waals surface area contributed by atoms with E-state index in [4.69, 9.17) is 20.4 Å². The molecule has 1 saturated heterocycles. The summed E-state index contributed by atoms with van der Waals surface area (Å²) in [5.41, 5.74) is 0. The van der Waals surface area contributed by atoms with Gasteiger partial charge in [-0.05, 0) is 0 Å². The lowest BCUT2D eigenvalue weighted by Crippen LogP contribution is -2.53. The Morgan fingerprint density at radius 1 is 1.42 bits per heavy atom. The lowest BCUT2D eigenvalue weighted by molar-refractivity contribution is -0.267. The van der Waals surface area contributed by atoms with Gasteiger partial charge in [0.1, 0.15) is 6.10 Å². The summed E-state index contributed by atoms with van der Waals surface area (Å²) >= 11 is 0. The first kappa shape index (κ1) is 9.40. The fourth-order valence-corrected chi connectivity index (χ4v) is 0.962. The van der Waals surface area contributed by atoms with Crippen LogP contribution in [0.15, 0.2) is 0 Å². The van der Waals surface area contributed by atoms with Crippen molar-refractivity contribution in [1.82, 2.24) is 0 Å². The van der Waals surface area contributed by atoms with Crippen LogP contribution in [0.1, 0.15) is 6.42 Å². The number of carboxylic acids is 1. The molecule has 12 heavy (non-hydrogen) atoms. The molecule has 6 heteroatoms. The molecular weight excluding hydrogens is 168 g/mol. The smallest absolute Gasteiger partial charge is 0.364 e.